The number of phenolic OH excluding ortho intramolecular Hbond substituents is 1. The van der Waals surface area contributed by atoms with Crippen molar-refractivity contribution in [1.29, 1.82) is 5.41 Å². The fourth-order valence-electron chi connectivity index (χ4n) is 0.822. The molecule has 0 saturated heterocycles. The van der Waals surface area contributed by atoms with Crippen molar-refractivity contribution in [2.24, 2.45) is 0 Å². The first-order valence-electron chi connectivity index (χ1n) is 3.15. The molecule has 0 fully saturated rings. The molecule has 0 aliphatic heterocycles. The van der Waals surface area contributed by atoms with Gasteiger partial charge in [-0.05, 0) is 25.1 Å². The molecule has 1 aromatic rings. The van der Waals surface area contributed by atoms with Crippen LogP contribution in [-0.2, 0) is 0 Å². The number of phenols is 1. The maximum absolute atomic E-state index is 9.29. The van der Waals surface area contributed by atoms with Gasteiger partial charge in [0.05, 0.1) is 0 Å². The van der Waals surface area contributed by atoms with Gasteiger partial charge in [0.25, 0.3) is 0 Å². The van der Waals surface area contributed by atoms with Crippen LogP contribution in [0.1, 0.15) is 12.5 Å². The molecule has 58 valence electrons. The average molecular weight is 214 g/mol. The summed E-state index contributed by atoms with van der Waals surface area (Å²) < 4.78 is 0.819. The van der Waals surface area contributed by atoms with Crippen LogP contribution in [0.5, 0.6) is 5.75 Å². The number of benzene rings is 1. The van der Waals surface area contributed by atoms with Crippen LogP contribution in [0.3, 0.4) is 0 Å². The molecule has 0 amide bonds. The molecule has 0 aromatic heterocycles. The molecular formula is C8H8BrNO. The Labute approximate surface area is 73.5 Å². The van der Waals surface area contributed by atoms with Gasteiger partial charge in [-0.1, -0.05) is 15.9 Å². The highest BCUT2D eigenvalue weighted by molar-refractivity contribution is 9.10. The van der Waals surface area contributed by atoms with E-state index in [1.807, 2.05) is 0 Å². The standard InChI is InChI=1S/C8H8BrNO/c1-5(10)7-3-2-6(9)4-8(7)11/h2-4,10-11H,1H3. The van der Waals surface area contributed by atoms with Gasteiger partial charge >= 0.3 is 0 Å². The second kappa shape index (κ2) is 3.05. The van der Waals surface area contributed by atoms with Crippen LogP contribution in [0.25, 0.3) is 0 Å². The number of hydrogen-bond acceptors (Lipinski definition) is 2. The van der Waals surface area contributed by atoms with Gasteiger partial charge in [0.2, 0.25) is 0 Å². The number of hydrogen-bond donors (Lipinski definition) is 2. The van der Waals surface area contributed by atoms with Crippen molar-refractivity contribution >= 4 is 21.6 Å². The van der Waals surface area contributed by atoms with Gasteiger partial charge in [-0.2, -0.15) is 0 Å². The Morgan fingerprint density at radius 1 is 1.55 bits per heavy atom. The predicted molar refractivity (Wildman–Crippen MR) is 48.3 cm³/mol. The first kappa shape index (κ1) is 8.27. The van der Waals surface area contributed by atoms with Crippen LogP contribution in [-0.4, -0.2) is 10.8 Å². The van der Waals surface area contributed by atoms with Gasteiger partial charge in [0.15, 0.2) is 0 Å². The van der Waals surface area contributed by atoms with Crippen LogP contribution < -0.4 is 0 Å². The van der Waals surface area contributed by atoms with E-state index in [1.54, 1.807) is 25.1 Å². The summed E-state index contributed by atoms with van der Waals surface area (Å²) in [5.74, 6) is 0.145. The first-order valence-corrected chi connectivity index (χ1v) is 3.94. The molecule has 0 saturated carbocycles. The van der Waals surface area contributed by atoms with E-state index in [1.165, 1.54) is 0 Å². The molecule has 1 rings (SSSR count). The van der Waals surface area contributed by atoms with Gasteiger partial charge in [-0.25, -0.2) is 0 Å². The Morgan fingerprint density at radius 2 is 2.18 bits per heavy atom. The predicted octanol–water partition coefficient (Wildman–Crippen LogP) is 2.54. The molecular weight excluding hydrogens is 206 g/mol. The highest BCUT2D eigenvalue weighted by Crippen LogP contribution is 2.22. The summed E-state index contributed by atoms with van der Waals surface area (Å²) in [5.41, 5.74) is 0.947. The van der Waals surface area contributed by atoms with Crippen LogP contribution in [0.2, 0.25) is 0 Å². The second-order valence-corrected chi connectivity index (χ2v) is 3.20. The minimum absolute atomic E-state index is 0.145. The third kappa shape index (κ3) is 1.80. The summed E-state index contributed by atoms with van der Waals surface area (Å²) in [4.78, 5) is 0. The molecule has 0 unspecified atom stereocenters. The van der Waals surface area contributed by atoms with Crippen molar-refractivity contribution in [2.45, 2.75) is 6.92 Å². The summed E-state index contributed by atoms with van der Waals surface area (Å²) >= 11 is 3.21. The van der Waals surface area contributed by atoms with Gasteiger partial charge in [0, 0.05) is 15.7 Å². The first-order chi connectivity index (χ1) is 5.11. The van der Waals surface area contributed by atoms with Crippen LogP contribution >= 0.6 is 15.9 Å². The lowest BCUT2D eigenvalue weighted by molar-refractivity contribution is 0.473. The molecule has 0 bridgehead atoms. The molecule has 0 heterocycles. The SMILES string of the molecule is CC(=N)c1ccc(Br)cc1O. The van der Waals surface area contributed by atoms with Crippen molar-refractivity contribution < 1.29 is 5.11 Å². The molecule has 0 aliphatic carbocycles. The lowest BCUT2D eigenvalue weighted by atomic mass is 10.1. The summed E-state index contributed by atoms with van der Waals surface area (Å²) in [6.07, 6.45) is 0. The molecule has 0 aliphatic rings. The van der Waals surface area contributed by atoms with E-state index in [0.717, 1.165) is 4.47 Å². The Kier molecular flexibility index (Phi) is 2.29. The summed E-state index contributed by atoms with van der Waals surface area (Å²) in [6.45, 7) is 1.64. The van der Waals surface area contributed by atoms with Crippen LogP contribution in [0, 0.1) is 5.41 Å². The van der Waals surface area contributed by atoms with Crippen molar-refractivity contribution in [3.05, 3.63) is 28.2 Å². The lowest BCUT2D eigenvalue weighted by Crippen LogP contribution is -1.91. The quantitative estimate of drug-likeness (QED) is 0.693. The van der Waals surface area contributed by atoms with Crippen molar-refractivity contribution in [2.75, 3.05) is 0 Å². The van der Waals surface area contributed by atoms with Crippen molar-refractivity contribution in [3.63, 3.8) is 0 Å². The highest BCUT2D eigenvalue weighted by atomic mass is 79.9. The topological polar surface area (TPSA) is 44.1 Å². The Morgan fingerprint density at radius 3 is 2.64 bits per heavy atom. The largest absolute Gasteiger partial charge is 0.507 e. The van der Waals surface area contributed by atoms with E-state index >= 15 is 0 Å². The zero-order valence-corrected chi connectivity index (χ0v) is 7.64. The third-order valence-corrected chi connectivity index (χ3v) is 1.86. The van der Waals surface area contributed by atoms with Gasteiger partial charge in [-0.3, -0.25) is 0 Å². The minimum atomic E-state index is 0.145. The van der Waals surface area contributed by atoms with Gasteiger partial charge in [-0.15, -0.1) is 0 Å². The Balaban J connectivity index is 3.20. The van der Waals surface area contributed by atoms with Crippen LogP contribution in [0.15, 0.2) is 22.7 Å². The maximum atomic E-state index is 9.29. The zero-order valence-electron chi connectivity index (χ0n) is 6.06. The summed E-state index contributed by atoms with van der Waals surface area (Å²) in [7, 11) is 0. The fraction of sp³-hybridized carbons (Fsp3) is 0.125. The molecule has 2 nitrogen and oxygen atoms in total. The molecule has 11 heavy (non-hydrogen) atoms. The Bertz CT molecular complexity index is 296. The van der Waals surface area contributed by atoms with Crippen molar-refractivity contribution in [3.8, 4) is 5.75 Å². The molecule has 2 N–H and O–H groups in total. The van der Waals surface area contributed by atoms with E-state index in [4.69, 9.17) is 5.41 Å². The fourth-order valence-corrected chi connectivity index (χ4v) is 1.17. The highest BCUT2D eigenvalue weighted by Gasteiger charge is 2.01. The third-order valence-electron chi connectivity index (χ3n) is 1.36. The van der Waals surface area contributed by atoms with Crippen molar-refractivity contribution in [1.82, 2.24) is 0 Å². The van der Waals surface area contributed by atoms with Crippen LogP contribution in [0.4, 0.5) is 0 Å². The van der Waals surface area contributed by atoms with Gasteiger partial charge < -0.3 is 10.5 Å². The van der Waals surface area contributed by atoms with E-state index in [-0.39, 0.29) is 5.75 Å². The number of halogens is 1. The Hall–Kier alpha value is -0.830. The normalized spacial score (nSPS) is 9.64. The summed E-state index contributed by atoms with van der Waals surface area (Å²) in [5, 5.41) is 16.6. The zero-order chi connectivity index (χ0) is 8.43. The number of aromatic hydroxyl groups is 1. The van der Waals surface area contributed by atoms with E-state index in [2.05, 4.69) is 15.9 Å². The molecule has 0 radical (unpaired) electrons. The average Bonchev–Trinajstić information content (AvgIpc) is 1.85. The number of rotatable bonds is 1. The second-order valence-electron chi connectivity index (χ2n) is 2.29. The summed E-state index contributed by atoms with van der Waals surface area (Å²) in [6, 6.07) is 5.09. The monoisotopic (exact) mass is 213 g/mol. The molecule has 3 heteroatoms. The molecule has 0 atom stereocenters. The van der Waals surface area contributed by atoms with Gasteiger partial charge in [0.1, 0.15) is 5.75 Å². The number of nitrogens with one attached hydrogen (secondary N) is 1. The van der Waals surface area contributed by atoms with E-state index < -0.39 is 0 Å². The smallest absolute Gasteiger partial charge is 0.125 e. The maximum Gasteiger partial charge on any atom is 0.125 e. The lowest BCUT2D eigenvalue weighted by Gasteiger charge is -2.01. The molecule has 0 spiro atoms. The minimum Gasteiger partial charge on any atom is -0.507 e. The molecule has 1 aromatic carbocycles. The van der Waals surface area contributed by atoms with E-state index in [9.17, 15) is 5.11 Å². The van der Waals surface area contributed by atoms with E-state index in [0.29, 0.717) is 11.3 Å².